The smallest absolute Gasteiger partial charge is 0.210 e. The van der Waals surface area contributed by atoms with Crippen molar-refractivity contribution in [3.8, 4) is 0 Å². The molecule has 0 saturated heterocycles. The van der Waals surface area contributed by atoms with E-state index in [-0.39, 0.29) is 24.4 Å². The van der Waals surface area contributed by atoms with Crippen molar-refractivity contribution in [2.45, 2.75) is 0 Å². The highest BCUT2D eigenvalue weighted by atomic mass is 19.2. The Kier molecular flexibility index (Phi) is 2.67. The van der Waals surface area contributed by atoms with Crippen molar-refractivity contribution in [1.29, 1.82) is 0 Å². The molecule has 0 aromatic carbocycles. The van der Waals surface area contributed by atoms with Crippen LogP contribution in [-0.2, 0) is 4.74 Å². The van der Waals surface area contributed by atoms with Crippen LogP contribution in [0.15, 0.2) is 17.1 Å². The number of rotatable bonds is 3. The lowest BCUT2D eigenvalue weighted by Crippen LogP contribution is -2.30. The second kappa shape index (κ2) is 3.77. The van der Waals surface area contributed by atoms with Gasteiger partial charge in [0.25, 0.3) is 0 Å². The van der Waals surface area contributed by atoms with Gasteiger partial charge in [-0.2, -0.15) is 0 Å². The zero-order chi connectivity index (χ0) is 8.10. The van der Waals surface area contributed by atoms with E-state index < -0.39 is 0 Å². The summed E-state index contributed by atoms with van der Waals surface area (Å²) >= 11 is 0. The molecule has 6 heteroatoms. The van der Waals surface area contributed by atoms with Crippen LogP contribution in [0.2, 0.25) is 0 Å². The lowest BCUT2D eigenvalue weighted by atomic mass is 10.6. The summed E-state index contributed by atoms with van der Waals surface area (Å²) in [6, 6.07) is 0. The van der Waals surface area contributed by atoms with Gasteiger partial charge in [-0.15, -0.1) is 5.10 Å². The van der Waals surface area contributed by atoms with E-state index in [0.29, 0.717) is 0 Å². The minimum atomic E-state index is -0.109. The normalized spacial score (nSPS) is 15.8. The van der Waals surface area contributed by atoms with Crippen LogP contribution in [-0.4, -0.2) is 29.9 Å². The fraction of sp³-hybridized carbons (Fsp3) is 0.400. The molecule has 1 aliphatic rings. The molecule has 0 aromatic rings. The number of nitrogens with one attached hydrogen (secondary N) is 1. The van der Waals surface area contributed by atoms with E-state index in [4.69, 9.17) is 9.84 Å². The van der Waals surface area contributed by atoms with Gasteiger partial charge in [0, 0.05) is 6.08 Å². The van der Waals surface area contributed by atoms with Crippen molar-refractivity contribution in [3.05, 3.63) is 12.0 Å². The number of ether oxygens (including phenoxy) is 1. The molecule has 1 heterocycles. The highest BCUT2D eigenvalue weighted by Crippen LogP contribution is 1.98. The second-order valence-electron chi connectivity index (χ2n) is 1.74. The minimum absolute atomic E-state index is 0.0205. The van der Waals surface area contributed by atoms with Crippen LogP contribution in [0.25, 0.3) is 0 Å². The Balaban J connectivity index is 2.33. The van der Waals surface area contributed by atoms with Gasteiger partial charge < -0.3 is 9.84 Å². The van der Waals surface area contributed by atoms with Crippen molar-refractivity contribution in [3.63, 3.8) is 0 Å². The number of aliphatic hydroxyl groups excluding tert-OH is 1. The lowest BCUT2D eigenvalue weighted by molar-refractivity contribution is -0.0447. The molecular weight excluding hydrogens is 153 g/mol. The van der Waals surface area contributed by atoms with Crippen molar-refractivity contribution in [2.75, 3.05) is 13.2 Å². The first-order chi connectivity index (χ1) is 5.33. The third-order valence-corrected chi connectivity index (χ3v) is 0.945. The predicted molar refractivity (Wildman–Crippen MR) is 35.7 cm³/mol. The maximum absolute atomic E-state index is 12.2. The molecule has 1 aliphatic heterocycles. The molecule has 0 fully saturated rings. The molecule has 0 saturated carbocycles. The third-order valence-electron chi connectivity index (χ3n) is 0.945. The molecule has 0 atom stereocenters. The highest BCUT2D eigenvalue weighted by molar-refractivity contribution is 5.71. The number of allylic oxidation sites excluding steroid dienone is 1. The van der Waals surface area contributed by atoms with E-state index in [1.807, 2.05) is 0 Å². The summed E-state index contributed by atoms with van der Waals surface area (Å²) < 4.78 is 17.0. The first kappa shape index (κ1) is 7.80. The SMILES string of the molecule is OCCOC1=CC=NN(F)N1. The molecule has 0 bridgehead atoms. The number of hydrazine groups is 1. The molecule has 0 spiro atoms. The molecule has 0 radical (unpaired) electrons. The Hall–Kier alpha value is -1.30. The van der Waals surface area contributed by atoms with E-state index in [1.165, 1.54) is 12.3 Å². The number of nitrogens with zero attached hydrogens (tertiary/aromatic N) is 2. The number of hydrogen-bond donors (Lipinski definition) is 2. The van der Waals surface area contributed by atoms with Crippen LogP contribution < -0.4 is 5.43 Å². The van der Waals surface area contributed by atoms with Crippen LogP contribution in [0.5, 0.6) is 0 Å². The summed E-state index contributed by atoms with van der Waals surface area (Å²) in [6.45, 7) is 0.0168. The first-order valence-electron chi connectivity index (χ1n) is 3.03. The lowest BCUT2D eigenvalue weighted by Gasteiger charge is -2.15. The van der Waals surface area contributed by atoms with Gasteiger partial charge >= 0.3 is 0 Å². The van der Waals surface area contributed by atoms with Gasteiger partial charge in [0.1, 0.15) is 6.61 Å². The second-order valence-corrected chi connectivity index (χ2v) is 1.74. The van der Waals surface area contributed by atoms with Crippen molar-refractivity contribution in [1.82, 2.24) is 10.8 Å². The van der Waals surface area contributed by atoms with Gasteiger partial charge in [-0.25, -0.2) is 5.43 Å². The van der Waals surface area contributed by atoms with Gasteiger partial charge in [-0.3, -0.25) is 0 Å². The van der Waals surface area contributed by atoms with Crippen LogP contribution in [0, 0.1) is 0 Å². The van der Waals surface area contributed by atoms with E-state index in [1.54, 1.807) is 0 Å². The molecule has 0 amide bonds. The molecule has 0 unspecified atom stereocenters. The zero-order valence-electron chi connectivity index (χ0n) is 5.70. The van der Waals surface area contributed by atoms with E-state index in [2.05, 4.69) is 10.5 Å². The summed E-state index contributed by atoms with van der Waals surface area (Å²) in [4.78, 5) is 0. The predicted octanol–water partition coefficient (Wildman–Crippen LogP) is -0.473. The fourth-order valence-electron chi connectivity index (χ4n) is 0.553. The quantitative estimate of drug-likeness (QED) is 0.549. The van der Waals surface area contributed by atoms with Gasteiger partial charge in [0.15, 0.2) is 0 Å². The Morgan fingerprint density at radius 3 is 3.27 bits per heavy atom. The average molecular weight is 161 g/mol. The molecular formula is C5H8FN3O2. The van der Waals surface area contributed by atoms with Crippen LogP contribution in [0.4, 0.5) is 4.48 Å². The minimum Gasteiger partial charge on any atom is -0.475 e. The van der Waals surface area contributed by atoms with Gasteiger partial charge in [0.05, 0.1) is 12.8 Å². The standard InChI is InChI=1S/C5H8FN3O2/c6-9-7-2-1-5(8-9)11-4-3-10/h1-2,8,10H,3-4H2. The van der Waals surface area contributed by atoms with Crippen molar-refractivity contribution >= 4 is 6.21 Å². The maximum atomic E-state index is 12.2. The van der Waals surface area contributed by atoms with Gasteiger partial charge in [0.2, 0.25) is 5.88 Å². The molecule has 0 aliphatic carbocycles. The number of hydrazone groups is 1. The molecule has 62 valence electrons. The molecule has 11 heavy (non-hydrogen) atoms. The number of hydrogen-bond acceptors (Lipinski definition) is 5. The summed E-state index contributed by atoms with van der Waals surface area (Å²) in [7, 11) is 0. The van der Waals surface area contributed by atoms with E-state index in [9.17, 15) is 4.48 Å². The van der Waals surface area contributed by atoms with E-state index >= 15 is 0 Å². The molecule has 2 N–H and O–H groups in total. The largest absolute Gasteiger partial charge is 0.475 e. The van der Waals surface area contributed by atoms with Crippen molar-refractivity contribution < 1.29 is 14.3 Å². The molecule has 0 aromatic heterocycles. The molecule has 5 nitrogen and oxygen atoms in total. The van der Waals surface area contributed by atoms with Gasteiger partial charge in [-0.1, -0.05) is 4.48 Å². The summed E-state index contributed by atoms with van der Waals surface area (Å²) in [5.74, 6) is 0.219. The van der Waals surface area contributed by atoms with Crippen LogP contribution in [0.3, 0.4) is 0 Å². The summed E-state index contributed by atoms with van der Waals surface area (Å²) in [5, 5.41) is 11.6. The average Bonchev–Trinajstić information content (AvgIpc) is 2.01. The first-order valence-corrected chi connectivity index (χ1v) is 3.03. The molecule has 1 rings (SSSR count). The Morgan fingerprint density at radius 2 is 2.64 bits per heavy atom. The Morgan fingerprint density at radius 1 is 1.82 bits per heavy atom. The van der Waals surface area contributed by atoms with E-state index in [0.717, 1.165) is 0 Å². The number of halogens is 1. The van der Waals surface area contributed by atoms with Crippen molar-refractivity contribution in [2.24, 2.45) is 5.10 Å². The van der Waals surface area contributed by atoms with Crippen LogP contribution >= 0.6 is 0 Å². The summed E-state index contributed by atoms with van der Waals surface area (Å²) in [5.41, 5.74) is 2.15. The zero-order valence-corrected chi connectivity index (χ0v) is 5.70. The Bertz CT molecular complexity index is 183. The Labute approximate surface area is 62.7 Å². The monoisotopic (exact) mass is 161 g/mol. The third kappa shape index (κ3) is 2.42. The maximum Gasteiger partial charge on any atom is 0.210 e. The number of aliphatic hydroxyl groups is 1. The van der Waals surface area contributed by atoms with Gasteiger partial charge in [-0.05, 0) is 5.34 Å². The van der Waals surface area contributed by atoms with Crippen LogP contribution in [0.1, 0.15) is 0 Å². The topological polar surface area (TPSA) is 57.1 Å². The fourth-order valence-corrected chi connectivity index (χ4v) is 0.553. The summed E-state index contributed by atoms with van der Waals surface area (Å²) in [6.07, 6.45) is 2.69. The highest BCUT2D eigenvalue weighted by Gasteiger charge is 2.05.